The maximum absolute atomic E-state index is 12.2. The van der Waals surface area contributed by atoms with Crippen LogP contribution in [0.1, 0.15) is 32.3 Å². The summed E-state index contributed by atoms with van der Waals surface area (Å²) in [7, 11) is 1.62. The first kappa shape index (κ1) is 19.5. The molecule has 128 valence electrons. The lowest BCUT2D eigenvalue weighted by molar-refractivity contribution is -0.140. The van der Waals surface area contributed by atoms with Gasteiger partial charge in [0, 0.05) is 38.2 Å². The monoisotopic (exact) mass is 340 g/mol. The van der Waals surface area contributed by atoms with Crippen LogP contribution in [-0.4, -0.2) is 43.0 Å². The quantitative estimate of drug-likeness (QED) is 0.703. The van der Waals surface area contributed by atoms with Gasteiger partial charge in [-0.3, -0.25) is 9.59 Å². The molecule has 1 unspecified atom stereocenters. The lowest BCUT2D eigenvalue weighted by atomic mass is 10.1. The number of ether oxygens (including phenoxy) is 1. The zero-order valence-corrected chi connectivity index (χ0v) is 14.7. The van der Waals surface area contributed by atoms with E-state index in [1.807, 2.05) is 12.1 Å². The fourth-order valence-corrected chi connectivity index (χ4v) is 2.27. The second kappa shape index (κ2) is 10.2. The van der Waals surface area contributed by atoms with Crippen LogP contribution in [0.15, 0.2) is 24.3 Å². The highest BCUT2D eigenvalue weighted by Crippen LogP contribution is 2.14. The maximum atomic E-state index is 12.2. The van der Waals surface area contributed by atoms with E-state index in [0.29, 0.717) is 31.1 Å². The molecule has 1 aromatic carbocycles. The number of hydrogen-bond donors (Lipinski definition) is 1. The van der Waals surface area contributed by atoms with Crippen LogP contribution >= 0.6 is 11.6 Å². The molecule has 1 N–H and O–H groups in total. The van der Waals surface area contributed by atoms with Crippen LogP contribution in [0.2, 0.25) is 5.02 Å². The number of nitrogens with one attached hydrogen (secondary N) is 1. The Morgan fingerprint density at radius 3 is 2.52 bits per heavy atom. The van der Waals surface area contributed by atoms with Crippen molar-refractivity contribution in [3.8, 4) is 0 Å². The summed E-state index contributed by atoms with van der Waals surface area (Å²) < 4.78 is 4.95. The fourth-order valence-electron chi connectivity index (χ4n) is 2.15. The Morgan fingerprint density at radius 2 is 1.96 bits per heavy atom. The van der Waals surface area contributed by atoms with Gasteiger partial charge in [-0.2, -0.15) is 0 Å². The molecule has 0 saturated heterocycles. The third-order valence-corrected chi connectivity index (χ3v) is 3.81. The summed E-state index contributed by atoms with van der Waals surface area (Å²) in [5.41, 5.74) is 0.940. The Morgan fingerprint density at radius 1 is 1.30 bits per heavy atom. The third-order valence-electron chi connectivity index (χ3n) is 3.56. The molecule has 0 aliphatic heterocycles. The van der Waals surface area contributed by atoms with Crippen molar-refractivity contribution in [1.29, 1.82) is 0 Å². The molecule has 0 radical (unpaired) electrons. The summed E-state index contributed by atoms with van der Waals surface area (Å²) in [6.45, 7) is 5.05. The van der Waals surface area contributed by atoms with E-state index in [1.165, 1.54) is 0 Å². The topological polar surface area (TPSA) is 58.6 Å². The Labute approximate surface area is 142 Å². The minimum Gasteiger partial charge on any atom is -0.385 e. The van der Waals surface area contributed by atoms with E-state index < -0.39 is 6.04 Å². The van der Waals surface area contributed by atoms with E-state index in [1.54, 1.807) is 38.0 Å². The largest absolute Gasteiger partial charge is 0.385 e. The molecule has 1 rings (SSSR count). The van der Waals surface area contributed by atoms with E-state index >= 15 is 0 Å². The molecule has 0 bridgehead atoms. The molecule has 23 heavy (non-hydrogen) atoms. The molecule has 0 aromatic heterocycles. The van der Waals surface area contributed by atoms with Gasteiger partial charge in [-0.1, -0.05) is 30.7 Å². The predicted octanol–water partition coefficient (Wildman–Crippen LogP) is 2.62. The van der Waals surface area contributed by atoms with E-state index in [4.69, 9.17) is 16.3 Å². The molecular weight excluding hydrogens is 316 g/mol. The highest BCUT2D eigenvalue weighted by Gasteiger charge is 2.24. The standard InChI is InChI=1S/C17H25ClN2O3/c1-4-16(21)20(12-14-6-8-15(18)9-7-14)13(2)17(22)19-10-5-11-23-3/h6-9,13H,4-5,10-12H2,1-3H3,(H,19,22). The van der Waals surface area contributed by atoms with Gasteiger partial charge in [0.1, 0.15) is 6.04 Å². The number of halogens is 1. The molecule has 1 aromatic rings. The molecule has 0 saturated carbocycles. The van der Waals surface area contributed by atoms with Crippen LogP contribution in [0.3, 0.4) is 0 Å². The minimum absolute atomic E-state index is 0.0560. The molecule has 0 aliphatic carbocycles. The Hall–Kier alpha value is -1.59. The van der Waals surface area contributed by atoms with E-state index in [9.17, 15) is 9.59 Å². The van der Waals surface area contributed by atoms with Gasteiger partial charge in [0.15, 0.2) is 0 Å². The van der Waals surface area contributed by atoms with Crippen molar-refractivity contribution in [2.45, 2.75) is 39.3 Å². The smallest absolute Gasteiger partial charge is 0.242 e. The molecule has 0 fully saturated rings. The van der Waals surface area contributed by atoms with Crippen molar-refractivity contribution in [2.24, 2.45) is 0 Å². The second-order valence-electron chi connectivity index (χ2n) is 5.32. The van der Waals surface area contributed by atoms with E-state index in [0.717, 1.165) is 12.0 Å². The molecule has 1 atom stereocenters. The average Bonchev–Trinajstić information content (AvgIpc) is 2.56. The van der Waals surface area contributed by atoms with Crippen molar-refractivity contribution < 1.29 is 14.3 Å². The molecule has 0 spiro atoms. The number of carbonyl (C=O) groups excluding carboxylic acids is 2. The van der Waals surface area contributed by atoms with Crippen LogP contribution < -0.4 is 5.32 Å². The zero-order valence-electron chi connectivity index (χ0n) is 14.0. The summed E-state index contributed by atoms with van der Waals surface area (Å²) >= 11 is 5.88. The summed E-state index contributed by atoms with van der Waals surface area (Å²) in [5.74, 6) is -0.212. The van der Waals surface area contributed by atoms with Gasteiger partial charge >= 0.3 is 0 Å². The van der Waals surface area contributed by atoms with E-state index in [-0.39, 0.29) is 11.8 Å². The summed E-state index contributed by atoms with van der Waals surface area (Å²) in [6.07, 6.45) is 1.10. The molecule has 5 nitrogen and oxygen atoms in total. The van der Waals surface area contributed by atoms with E-state index in [2.05, 4.69) is 5.32 Å². The maximum Gasteiger partial charge on any atom is 0.242 e. The van der Waals surface area contributed by atoms with Crippen LogP contribution in [0.5, 0.6) is 0 Å². The lowest BCUT2D eigenvalue weighted by Gasteiger charge is -2.28. The van der Waals surface area contributed by atoms with Crippen molar-refractivity contribution in [2.75, 3.05) is 20.3 Å². The molecule has 2 amide bonds. The molecular formula is C17H25ClN2O3. The Bertz CT molecular complexity index is 505. The number of benzene rings is 1. The lowest BCUT2D eigenvalue weighted by Crippen LogP contribution is -2.47. The van der Waals surface area contributed by atoms with Gasteiger partial charge in [-0.05, 0) is 31.0 Å². The zero-order chi connectivity index (χ0) is 17.2. The first-order chi connectivity index (χ1) is 11.0. The summed E-state index contributed by atoms with van der Waals surface area (Å²) in [6, 6.07) is 6.76. The second-order valence-corrected chi connectivity index (χ2v) is 5.75. The normalized spacial score (nSPS) is 11.8. The number of carbonyl (C=O) groups is 2. The van der Waals surface area contributed by atoms with Gasteiger partial charge in [0.05, 0.1) is 0 Å². The van der Waals surface area contributed by atoms with Crippen molar-refractivity contribution in [3.05, 3.63) is 34.9 Å². The molecule has 6 heteroatoms. The third kappa shape index (κ3) is 6.59. The molecule has 0 heterocycles. The van der Waals surface area contributed by atoms with Crippen molar-refractivity contribution in [3.63, 3.8) is 0 Å². The van der Waals surface area contributed by atoms with Gasteiger partial charge in [0.2, 0.25) is 11.8 Å². The Kier molecular flexibility index (Phi) is 8.66. The van der Waals surface area contributed by atoms with Gasteiger partial charge in [-0.15, -0.1) is 0 Å². The fraction of sp³-hybridized carbons (Fsp3) is 0.529. The van der Waals surface area contributed by atoms with Crippen LogP contribution in [0.4, 0.5) is 0 Å². The average molecular weight is 341 g/mol. The van der Waals surface area contributed by atoms with Crippen LogP contribution in [0, 0.1) is 0 Å². The van der Waals surface area contributed by atoms with Gasteiger partial charge in [-0.25, -0.2) is 0 Å². The minimum atomic E-state index is -0.527. The van der Waals surface area contributed by atoms with Crippen LogP contribution in [-0.2, 0) is 20.9 Å². The predicted molar refractivity (Wildman–Crippen MR) is 91.3 cm³/mol. The number of hydrogen-bond acceptors (Lipinski definition) is 3. The van der Waals surface area contributed by atoms with Crippen LogP contribution in [0.25, 0.3) is 0 Å². The SMILES string of the molecule is CCC(=O)N(Cc1ccc(Cl)cc1)C(C)C(=O)NCCCOC. The summed E-state index contributed by atoms with van der Waals surface area (Å²) in [5, 5.41) is 3.48. The first-order valence-electron chi connectivity index (χ1n) is 7.80. The highest BCUT2D eigenvalue weighted by molar-refractivity contribution is 6.30. The van der Waals surface area contributed by atoms with Gasteiger partial charge in [0.25, 0.3) is 0 Å². The number of rotatable bonds is 9. The number of amides is 2. The summed E-state index contributed by atoms with van der Waals surface area (Å²) in [4.78, 5) is 26.0. The first-order valence-corrected chi connectivity index (χ1v) is 8.18. The number of methoxy groups -OCH3 is 1. The number of nitrogens with zero attached hydrogens (tertiary/aromatic N) is 1. The van der Waals surface area contributed by atoms with Gasteiger partial charge < -0.3 is 15.0 Å². The Balaban J connectivity index is 2.70. The molecule has 0 aliphatic rings. The van der Waals surface area contributed by atoms with Crippen molar-refractivity contribution >= 4 is 23.4 Å². The van der Waals surface area contributed by atoms with Crippen molar-refractivity contribution in [1.82, 2.24) is 10.2 Å². The highest BCUT2D eigenvalue weighted by atomic mass is 35.5.